The van der Waals surface area contributed by atoms with Gasteiger partial charge in [0.1, 0.15) is 12.4 Å². The van der Waals surface area contributed by atoms with Crippen LogP contribution in [0.3, 0.4) is 0 Å². The molecule has 0 atom stereocenters. The first-order chi connectivity index (χ1) is 8.31. The minimum atomic E-state index is 0.448. The van der Waals surface area contributed by atoms with Crippen LogP contribution >= 0.6 is 27.5 Å². The van der Waals surface area contributed by atoms with E-state index in [1.807, 2.05) is 48.5 Å². The third kappa shape index (κ3) is 3.24. The molecule has 17 heavy (non-hydrogen) atoms. The van der Waals surface area contributed by atoms with E-state index < -0.39 is 0 Å². The number of hydrogen-bond donors (Lipinski definition) is 0. The second-order valence-electron chi connectivity index (χ2n) is 3.64. The van der Waals surface area contributed by atoms with Crippen LogP contribution in [0.15, 0.2) is 53.0 Å². The molecule has 0 fully saturated rings. The number of rotatable bonds is 4. The summed E-state index contributed by atoms with van der Waals surface area (Å²) in [6.45, 7) is 0.549. The lowest BCUT2D eigenvalue weighted by atomic mass is 10.2. The van der Waals surface area contributed by atoms with E-state index in [9.17, 15) is 0 Å². The zero-order valence-corrected chi connectivity index (χ0v) is 11.5. The molecule has 2 rings (SSSR count). The van der Waals surface area contributed by atoms with Crippen LogP contribution in [0.1, 0.15) is 11.1 Å². The molecule has 1 nitrogen and oxygen atoms in total. The summed E-state index contributed by atoms with van der Waals surface area (Å²) >= 11 is 9.36. The maximum absolute atomic E-state index is 5.88. The largest absolute Gasteiger partial charge is 0.487 e. The summed E-state index contributed by atoms with van der Waals surface area (Å²) in [5, 5.41) is 0. The lowest BCUT2D eigenvalue weighted by Crippen LogP contribution is -1.98. The Morgan fingerprint density at radius 2 is 1.76 bits per heavy atom. The molecule has 88 valence electrons. The highest BCUT2D eigenvalue weighted by Crippen LogP contribution is 2.30. The van der Waals surface area contributed by atoms with Crippen molar-refractivity contribution in [3.63, 3.8) is 0 Å². The van der Waals surface area contributed by atoms with Crippen molar-refractivity contribution in [3.8, 4) is 5.75 Å². The average Bonchev–Trinajstić information content (AvgIpc) is 2.38. The Bertz CT molecular complexity index is 485. The van der Waals surface area contributed by atoms with Gasteiger partial charge < -0.3 is 4.74 Å². The molecule has 0 saturated carbocycles. The predicted octanol–water partition coefficient (Wildman–Crippen LogP) is 4.77. The van der Waals surface area contributed by atoms with Crippen LogP contribution in [0.4, 0.5) is 0 Å². The van der Waals surface area contributed by atoms with Crippen molar-refractivity contribution in [3.05, 3.63) is 64.1 Å². The SMILES string of the molecule is ClCc1cccc(Br)c1OCc1ccccc1. The van der Waals surface area contributed by atoms with Gasteiger partial charge in [-0.15, -0.1) is 11.6 Å². The third-order valence-corrected chi connectivity index (χ3v) is 3.33. The van der Waals surface area contributed by atoms with Crippen LogP contribution in [0.2, 0.25) is 0 Å². The number of benzene rings is 2. The van der Waals surface area contributed by atoms with E-state index in [0.717, 1.165) is 21.3 Å². The summed E-state index contributed by atoms with van der Waals surface area (Å²) in [6.07, 6.45) is 0. The van der Waals surface area contributed by atoms with Gasteiger partial charge in [0.25, 0.3) is 0 Å². The molecule has 0 bridgehead atoms. The Morgan fingerprint density at radius 3 is 2.47 bits per heavy atom. The molecule has 0 aliphatic heterocycles. The zero-order valence-electron chi connectivity index (χ0n) is 9.20. The van der Waals surface area contributed by atoms with Crippen LogP contribution in [0.5, 0.6) is 5.75 Å². The molecule has 2 aromatic rings. The molecule has 0 amide bonds. The minimum absolute atomic E-state index is 0.448. The molecule has 0 spiro atoms. The monoisotopic (exact) mass is 310 g/mol. The highest BCUT2D eigenvalue weighted by Gasteiger charge is 2.07. The van der Waals surface area contributed by atoms with Crippen LogP contribution in [0, 0.1) is 0 Å². The van der Waals surface area contributed by atoms with Crippen molar-refractivity contribution in [2.75, 3.05) is 0 Å². The maximum atomic E-state index is 5.88. The second-order valence-corrected chi connectivity index (χ2v) is 4.76. The molecule has 0 radical (unpaired) electrons. The van der Waals surface area contributed by atoms with Crippen LogP contribution in [-0.2, 0) is 12.5 Å². The molecule has 3 heteroatoms. The van der Waals surface area contributed by atoms with Crippen molar-refractivity contribution >= 4 is 27.5 Å². The van der Waals surface area contributed by atoms with Crippen molar-refractivity contribution in [2.24, 2.45) is 0 Å². The molecule has 0 aromatic heterocycles. The molecular weight excluding hydrogens is 300 g/mol. The van der Waals surface area contributed by atoms with Gasteiger partial charge in [-0.1, -0.05) is 42.5 Å². The molecule has 0 aliphatic rings. The van der Waals surface area contributed by atoms with Gasteiger partial charge in [0.2, 0.25) is 0 Å². The van der Waals surface area contributed by atoms with E-state index in [-0.39, 0.29) is 0 Å². The van der Waals surface area contributed by atoms with Gasteiger partial charge in [-0.2, -0.15) is 0 Å². The number of para-hydroxylation sites is 1. The van der Waals surface area contributed by atoms with Crippen molar-refractivity contribution < 1.29 is 4.74 Å². The van der Waals surface area contributed by atoms with E-state index >= 15 is 0 Å². The lowest BCUT2D eigenvalue weighted by molar-refractivity contribution is 0.302. The average molecular weight is 312 g/mol. The standard InChI is InChI=1S/C14H12BrClO/c15-13-8-4-7-12(9-16)14(13)17-10-11-5-2-1-3-6-11/h1-8H,9-10H2. The molecule has 0 N–H and O–H groups in total. The van der Waals surface area contributed by atoms with Gasteiger partial charge in [-0.05, 0) is 27.6 Å². The van der Waals surface area contributed by atoms with Gasteiger partial charge in [0.15, 0.2) is 0 Å². The number of hydrogen-bond acceptors (Lipinski definition) is 1. The number of ether oxygens (including phenoxy) is 1. The van der Waals surface area contributed by atoms with Crippen LogP contribution in [0.25, 0.3) is 0 Å². The van der Waals surface area contributed by atoms with Gasteiger partial charge in [-0.25, -0.2) is 0 Å². The first-order valence-electron chi connectivity index (χ1n) is 5.31. The van der Waals surface area contributed by atoms with Gasteiger partial charge in [0, 0.05) is 5.56 Å². The first kappa shape index (κ1) is 12.5. The molecule has 0 aliphatic carbocycles. The Balaban J connectivity index is 2.14. The normalized spacial score (nSPS) is 10.2. The highest BCUT2D eigenvalue weighted by atomic mass is 79.9. The zero-order chi connectivity index (χ0) is 12.1. The molecule has 0 unspecified atom stereocenters. The van der Waals surface area contributed by atoms with E-state index in [4.69, 9.17) is 16.3 Å². The van der Waals surface area contributed by atoms with Gasteiger partial charge >= 0.3 is 0 Å². The predicted molar refractivity (Wildman–Crippen MR) is 74.5 cm³/mol. The Labute approximate surface area is 115 Å². The van der Waals surface area contributed by atoms with E-state index in [2.05, 4.69) is 15.9 Å². The van der Waals surface area contributed by atoms with Crippen LogP contribution < -0.4 is 4.74 Å². The Kier molecular flexibility index (Phi) is 4.46. The maximum Gasteiger partial charge on any atom is 0.138 e. The van der Waals surface area contributed by atoms with Gasteiger partial charge in [0.05, 0.1) is 10.4 Å². The van der Waals surface area contributed by atoms with Crippen molar-refractivity contribution in [1.82, 2.24) is 0 Å². The van der Waals surface area contributed by atoms with E-state index in [1.54, 1.807) is 0 Å². The van der Waals surface area contributed by atoms with Crippen molar-refractivity contribution in [2.45, 2.75) is 12.5 Å². The lowest BCUT2D eigenvalue weighted by Gasteiger charge is -2.11. The molecule has 0 heterocycles. The third-order valence-electron chi connectivity index (χ3n) is 2.42. The molecule has 0 saturated heterocycles. The number of halogens is 2. The molecular formula is C14H12BrClO. The summed E-state index contributed by atoms with van der Waals surface area (Å²) in [4.78, 5) is 0. The number of alkyl halides is 1. The molecule has 2 aromatic carbocycles. The fraction of sp³-hybridized carbons (Fsp3) is 0.143. The topological polar surface area (TPSA) is 9.23 Å². The minimum Gasteiger partial charge on any atom is -0.487 e. The summed E-state index contributed by atoms with van der Waals surface area (Å²) in [7, 11) is 0. The quantitative estimate of drug-likeness (QED) is 0.739. The van der Waals surface area contributed by atoms with Gasteiger partial charge in [-0.3, -0.25) is 0 Å². The smallest absolute Gasteiger partial charge is 0.138 e. The first-order valence-corrected chi connectivity index (χ1v) is 6.64. The second kappa shape index (κ2) is 6.08. The fourth-order valence-electron chi connectivity index (χ4n) is 1.55. The van der Waals surface area contributed by atoms with Crippen LogP contribution in [-0.4, -0.2) is 0 Å². The summed E-state index contributed by atoms with van der Waals surface area (Å²) in [6, 6.07) is 16.0. The summed E-state index contributed by atoms with van der Waals surface area (Å²) < 4.78 is 6.75. The van der Waals surface area contributed by atoms with Crippen molar-refractivity contribution in [1.29, 1.82) is 0 Å². The van der Waals surface area contributed by atoms with E-state index in [1.165, 1.54) is 0 Å². The fourth-order valence-corrected chi connectivity index (χ4v) is 2.28. The summed E-state index contributed by atoms with van der Waals surface area (Å²) in [5.74, 6) is 1.27. The Morgan fingerprint density at radius 1 is 1.00 bits per heavy atom. The Hall–Kier alpha value is -0.990. The highest BCUT2D eigenvalue weighted by molar-refractivity contribution is 9.10. The van der Waals surface area contributed by atoms with E-state index in [0.29, 0.717) is 12.5 Å². The summed E-state index contributed by atoms with van der Waals surface area (Å²) in [5.41, 5.74) is 2.14.